The smallest absolute Gasteiger partial charge is 0.319 e. The highest BCUT2D eigenvalue weighted by atomic mass is 32.2. The molecular formula is C15H25N3O4S. The minimum atomic E-state index is -3.17. The lowest BCUT2D eigenvalue weighted by Gasteiger charge is -2.10. The van der Waals surface area contributed by atoms with Gasteiger partial charge in [0.25, 0.3) is 0 Å². The lowest BCUT2D eigenvalue weighted by Crippen LogP contribution is -2.32. The lowest BCUT2D eigenvalue weighted by atomic mass is 10.3. The van der Waals surface area contributed by atoms with Crippen LogP contribution in [0, 0.1) is 0 Å². The van der Waals surface area contributed by atoms with Gasteiger partial charge in [-0.1, -0.05) is 13.0 Å². The summed E-state index contributed by atoms with van der Waals surface area (Å²) in [4.78, 5) is 11.8. The molecule has 0 aromatic heterocycles. The second-order valence-electron chi connectivity index (χ2n) is 4.91. The molecule has 0 fully saturated rings. The van der Waals surface area contributed by atoms with Crippen molar-refractivity contribution in [2.24, 2.45) is 0 Å². The molecule has 0 aliphatic carbocycles. The number of nitrogens with one attached hydrogen (secondary N) is 3. The summed E-state index contributed by atoms with van der Waals surface area (Å²) >= 11 is 0. The molecule has 23 heavy (non-hydrogen) atoms. The van der Waals surface area contributed by atoms with E-state index in [1.54, 1.807) is 25.1 Å². The Morgan fingerprint density at radius 2 is 2.00 bits per heavy atom. The number of urea groups is 1. The number of benzene rings is 1. The maximum absolute atomic E-state index is 11.8. The molecule has 0 saturated heterocycles. The summed E-state index contributed by atoms with van der Waals surface area (Å²) < 4.78 is 30.4. The number of sulfonamides is 1. The molecule has 0 atom stereocenters. The molecule has 0 aliphatic rings. The Kier molecular flexibility index (Phi) is 8.42. The quantitative estimate of drug-likeness (QED) is 0.566. The van der Waals surface area contributed by atoms with Crippen LogP contribution < -0.4 is 20.1 Å². The van der Waals surface area contributed by atoms with Gasteiger partial charge < -0.3 is 15.4 Å². The highest BCUT2D eigenvalue weighted by Crippen LogP contribution is 2.17. The summed E-state index contributed by atoms with van der Waals surface area (Å²) in [6.07, 6.45) is 1.44. The van der Waals surface area contributed by atoms with E-state index in [9.17, 15) is 13.2 Å². The molecule has 1 rings (SSSR count). The molecule has 0 saturated carbocycles. The average Bonchev–Trinajstić information content (AvgIpc) is 2.53. The summed E-state index contributed by atoms with van der Waals surface area (Å²) in [5, 5.41) is 5.38. The van der Waals surface area contributed by atoms with Crippen molar-refractivity contribution in [2.75, 3.05) is 30.8 Å². The molecule has 8 heteroatoms. The first-order chi connectivity index (χ1) is 11.0. The van der Waals surface area contributed by atoms with Gasteiger partial charge in [-0.05, 0) is 31.9 Å². The second kappa shape index (κ2) is 10.1. The first-order valence-electron chi connectivity index (χ1n) is 7.72. The summed E-state index contributed by atoms with van der Waals surface area (Å²) in [7, 11) is -3.17. The molecular weight excluding hydrogens is 318 g/mol. The molecule has 7 nitrogen and oxygen atoms in total. The van der Waals surface area contributed by atoms with Gasteiger partial charge in [-0.2, -0.15) is 0 Å². The normalized spacial score (nSPS) is 11.0. The van der Waals surface area contributed by atoms with Crippen LogP contribution in [0.5, 0.6) is 5.75 Å². The topological polar surface area (TPSA) is 96.5 Å². The summed E-state index contributed by atoms with van der Waals surface area (Å²) in [5.41, 5.74) is 0.641. The molecule has 130 valence electrons. The van der Waals surface area contributed by atoms with Crippen molar-refractivity contribution in [3.8, 4) is 5.75 Å². The van der Waals surface area contributed by atoms with Crippen LogP contribution in [0.3, 0.4) is 0 Å². The van der Waals surface area contributed by atoms with E-state index in [-0.39, 0.29) is 11.8 Å². The molecule has 0 unspecified atom stereocenters. The third-order valence-corrected chi connectivity index (χ3v) is 4.31. The van der Waals surface area contributed by atoms with Gasteiger partial charge in [0.15, 0.2) is 0 Å². The second-order valence-corrected chi connectivity index (χ2v) is 7.00. The fraction of sp³-hybridized carbons (Fsp3) is 0.533. The van der Waals surface area contributed by atoms with Crippen molar-refractivity contribution in [3.63, 3.8) is 0 Å². The highest BCUT2D eigenvalue weighted by Gasteiger charge is 2.05. The molecule has 0 aliphatic heterocycles. The van der Waals surface area contributed by atoms with Crippen LogP contribution in [-0.2, 0) is 10.0 Å². The first kappa shape index (κ1) is 19.2. The van der Waals surface area contributed by atoms with E-state index in [1.807, 2.05) is 13.0 Å². The standard InChI is InChI=1S/C15H25N3O4S/c1-3-11-22-14-8-5-7-13(12-14)18-15(19)16-9-6-10-17-23(20,21)4-2/h5,7-8,12,17H,3-4,6,9-11H2,1-2H3,(H2,16,18,19). The zero-order chi connectivity index (χ0) is 17.1. The Balaban J connectivity index is 2.28. The van der Waals surface area contributed by atoms with Gasteiger partial charge in [0, 0.05) is 24.8 Å². The van der Waals surface area contributed by atoms with Gasteiger partial charge in [-0.15, -0.1) is 0 Å². The van der Waals surface area contributed by atoms with Gasteiger partial charge in [-0.3, -0.25) is 0 Å². The molecule has 0 bridgehead atoms. The maximum atomic E-state index is 11.8. The van der Waals surface area contributed by atoms with Crippen molar-refractivity contribution in [3.05, 3.63) is 24.3 Å². The van der Waals surface area contributed by atoms with Crippen LogP contribution in [-0.4, -0.2) is 39.9 Å². The van der Waals surface area contributed by atoms with E-state index in [2.05, 4.69) is 15.4 Å². The van der Waals surface area contributed by atoms with Crippen molar-refractivity contribution in [1.29, 1.82) is 0 Å². The fourth-order valence-corrected chi connectivity index (χ4v) is 2.34. The fourth-order valence-electron chi connectivity index (χ4n) is 1.68. The number of anilines is 1. The number of carbonyl (C=O) groups excluding carboxylic acids is 1. The van der Waals surface area contributed by atoms with E-state index in [0.717, 1.165) is 6.42 Å². The highest BCUT2D eigenvalue weighted by molar-refractivity contribution is 7.89. The number of ether oxygens (including phenoxy) is 1. The Hall–Kier alpha value is -1.80. The SMILES string of the molecule is CCCOc1cccc(NC(=O)NCCCNS(=O)(=O)CC)c1. The minimum Gasteiger partial charge on any atom is -0.494 e. The Bertz CT molecular complexity index is 590. The summed E-state index contributed by atoms with van der Waals surface area (Å²) in [6, 6.07) is 6.83. The molecule has 2 amide bonds. The van der Waals surface area contributed by atoms with Crippen LogP contribution in [0.2, 0.25) is 0 Å². The van der Waals surface area contributed by atoms with Crippen LogP contribution >= 0.6 is 0 Å². The Morgan fingerprint density at radius 1 is 1.22 bits per heavy atom. The third-order valence-electron chi connectivity index (χ3n) is 2.91. The van der Waals surface area contributed by atoms with Gasteiger partial charge >= 0.3 is 6.03 Å². The van der Waals surface area contributed by atoms with Gasteiger partial charge in [0.05, 0.1) is 12.4 Å². The molecule has 0 spiro atoms. The third kappa shape index (κ3) is 8.41. The zero-order valence-corrected chi connectivity index (χ0v) is 14.4. The van der Waals surface area contributed by atoms with E-state index < -0.39 is 10.0 Å². The van der Waals surface area contributed by atoms with E-state index in [4.69, 9.17) is 4.74 Å². The molecule has 1 aromatic carbocycles. The number of hydrogen-bond acceptors (Lipinski definition) is 4. The number of amides is 2. The predicted octanol–water partition coefficient (Wildman–Crippen LogP) is 1.93. The molecule has 1 aromatic rings. The van der Waals surface area contributed by atoms with Crippen LogP contribution in [0.1, 0.15) is 26.7 Å². The average molecular weight is 343 g/mol. The van der Waals surface area contributed by atoms with E-state index in [0.29, 0.717) is 37.6 Å². The van der Waals surface area contributed by atoms with Crippen molar-refractivity contribution >= 4 is 21.7 Å². The molecule has 0 heterocycles. The van der Waals surface area contributed by atoms with Crippen molar-refractivity contribution in [2.45, 2.75) is 26.7 Å². The Labute approximate surface area is 137 Å². The first-order valence-corrected chi connectivity index (χ1v) is 9.37. The lowest BCUT2D eigenvalue weighted by molar-refractivity contribution is 0.252. The minimum absolute atomic E-state index is 0.0529. The van der Waals surface area contributed by atoms with Crippen LogP contribution in [0.15, 0.2) is 24.3 Å². The van der Waals surface area contributed by atoms with Crippen molar-refractivity contribution < 1.29 is 17.9 Å². The van der Waals surface area contributed by atoms with Crippen LogP contribution in [0.4, 0.5) is 10.5 Å². The van der Waals surface area contributed by atoms with Gasteiger partial charge in [-0.25, -0.2) is 17.9 Å². The monoisotopic (exact) mass is 343 g/mol. The summed E-state index contributed by atoms with van der Waals surface area (Å²) in [5.74, 6) is 0.760. The number of hydrogen-bond donors (Lipinski definition) is 3. The van der Waals surface area contributed by atoms with E-state index in [1.165, 1.54) is 0 Å². The predicted molar refractivity (Wildman–Crippen MR) is 91.3 cm³/mol. The van der Waals surface area contributed by atoms with Crippen LogP contribution in [0.25, 0.3) is 0 Å². The molecule has 3 N–H and O–H groups in total. The number of carbonyl (C=O) groups is 1. The largest absolute Gasteiger partial charge is 0.494 e. The van der Waals surface area contributed by atoms with Crippen molar-refractivity contribution in [1.82, 2.24) is 10.0 Å². The van der Waals surface area contributed by atoms with Gasteiger partial charge in [0.1, 0.15) is 5.75 Å². The molecule has 0 radical (unpaired) electrons. The van der Waals surface area contributed by atoms with Gasteiger partial charge in [0.2, 0.25) is 10.0 Å². The number of rotatable bonds is 10. The zero-order valence-electron chi connectivity index (χ0n) is 13.6. The Morgan fingerprint density at radius 3 is 2.70 bits per heavy atom. The summed E-state index contributed by atoms with van der Waals surface area (Å²) in [6.45, 7) is 4.91. The maximum Gasteiger partial charge on any atom is 0.319 e. The van der Waals surface area contributed by atoms with E-state index >= 15 is 0 Å².